The van der Waals surface area contributed by atoms with Gasteiger partial charge in [0.25, 0.3) is 0 Å². The van der Waals surface area contributed by atoms with Crippen LogP contribution in [0.5, 0.6) is 5.75 Å². The largest absolute Gasteiger partial charge is 0.492 e. The minimum absolute atomic E-state index is 0.129. The summed E-state index contributed by atoms with van der Waals surface area (Å²) in [7, 11) is 0. The predicted molar refractivity (Wildman–Crippen MR) is 96.2 cm³/mol. The van der Waals surface area contributed by atoms with E-state index in [9.17, 15) is 14.4 Å². The molecule has 0 bridgehead atoms. The highest BCUT2D eigenvalue weighted by atomic mass is 16.5. The van der Waals surface area contributed by atoms with E-state index in [1.165, 1.54) is 0 Å². The van der Waals surface area contributed by atoms with Gasteiger partial charge >= 0.3 is 5.97 Å². The van der Waals surface area contributed by atoms with Crippen LogP contribution >= 0.6 is 0 Å². The number of fused-ring (bicyclic) bond motifs is 1. The number of carboxylic acids is 1. The summed E-state index contributed by atoms with van der Waals surface area (Å²) in [6, 6.07) is 2.89. The fourth-order valence-electron chi connectivity index (χ4n) is 2.92. The minimum atomic E-state index is -1.08. The maximum Gasteiger partial charge on any atom is 0.326 e. The Bertz CT molecular complexity index is 714. The van der Waals surface area contributed by atoms with Crippen molar-refractivity contribution in [2.24, 2.45) is 5.92 Å². The van der Waals surface area contributed by atoms with E-state index < -0.39 is 23.8 Å². The number of rotatable bonds is 7. The van der Waals surface area contributed by atoms with Crippen molar-refractivity contribution in [3.8, 4) is 5.75 Å². The number of hydrogen-bond donors (Lipinski definition) is 3. The molecule has 0 aromatic heterocycles. The fraction of sp³-hybridized carbons (Fsp3) is 0.526. The lowest BCUT2D eigenvalue weighted by Crippen LogP contribution is -2.46. The Hall–Kier alpha value is -2.57. The van der Waals surface area contributed by atoms with Gasteiger partial charge in [-0.2, -0.15) is 0 Å². The highest BCUT2D eigenvalue weighted by molar-refractivity contribution is 5.91. The summed E-state index contributed by atoms with van der Waals surface area (Å²) < 4.78 is 5.58. The molecule has 2 atom stereocenters. The summed E-state index contributed by atoms with van der Waals surface area (Å²) in [5, 5.41) is 14.2. The van der Waals surface area contributed by atoms with Gasteiger partial charge in [0.15, 0.2) is 0 Å². The standard InChI is InChI=1S/C19H26N2O5/c1-10(2)5-15(19(24)25)21-17(22)8-20-18(23)14-9-26-16-7-12(4)11(3)6-13(14)16/h6-7,10,14-15H,5,8-9H2,1-4H3,(H,20,23)(H,21,22)(H,24,25)/t14?,15-/m0/s1. The van der Waals surface area contributed by atoms with E-state index in [-0.39, 0.29) is 25.0 Å². The average Bonchev–Trinajstić information content (AvgIpc) is 2.94. The van der Waals surface area contributed by atoms with E-state index >= 15 is 0 Å². The first-order valence-corrected chi connectivity index (χ1v) is 8.72. The number of aryl methyl sites for hydroxylation is 2. The van der Waals surface area contributed by atoms with Gasteiger partial charge in [0.05, 0.1) is 6.54 Å². The van der Waals surface area contributed by atoms with Crippen LogP contribution in [0, 0.1) is 19.8 Å². The monoisotopic (exact) mass is 362 g/mol. The molecule has 0 aliphatic carbocycles. The van der Waals surface area contributed by atoms with Crippen LogP contribution in [0.3, 0.4) is 0 Å². The van der Waals surface area contributed by atoms with E-state index in [1.54, 1.807) is 0 Å². The summed E-state index contributed by atoms with van der Waals surface area (Å²) in [6.45, 7) is 7.67. The lowest BCUT2D eigenvalue weighted by atomic mass is 9.96. The van der Waals surface area contributed by atoms with Crippen LogP contribution < -0.4 is 15.4 Å². The van der Waals surface area contributed by atoms with E-state index in [0.29, 0.717) is 12.2 Å². The van der Waals surface area contributed by atoms with Crippen molar-refractivity contribution in [3.05, 3.63) is 28.8 Å². The number of nitrogens with one attached hydrogen (secondary N) is 2. The molecular formula is C19H26N2O5. The van der Waals surface area contributed by atoms with Gasteiger partial charge in [0, 0.05) is 5.56 Å². The molecule has 142 valence electrons. The third-order valence-corrected chi connectivity index (χ3v) is 4.49. The third-order valence-electron chi connectivity index (χ3n) is 4.49. The normalized spacial score (nSPS) is 16.6. The molecule has 0 spiro atoms. The molecule has 1 aliphatic heterocycles. The molecule has 2 rings (SSSR count). The van der Waals surface area contributed by atoms with Gasteiger partial charge in [-0.05, 0) is 43.4 Å². The zero-order chi connectivity index (χ0) is 19.4. The van der Waals surface area contributed by atoms with Gasteiger partial charge in [0.2, 0.25) is 11.8 Å². The first-order chi connectivity index (χ1) is 12.2. The molecule has 3 N–H and O–H groups in total. The SMILES string of the molecule is Cc1cc2c(cc1C)C(C(=O)NCC(=O)N[C@@H](CC(C)C)C(=O)O)CO2. The molecule has 7 nitrogen and oxygen atoms in total. The second kappa shape index (κ2) is 8.21. The Kier molecular flexibility index (Phi) is 6.23. The van der Waals surface area contributed by atoms with E-state index in [2.05, 4.69) is 10.6 Å². The van der Waals surface area contributed by atoms with Crippen molar-refractivity contribution < 1.29 is 24.2 Å². The number of aliphatic carboxylic acids is 1. The molecule has 0 fully saturated rings. The number of carbonyl (C=O) groups is 3. The summed E-state index contributed by atoms with van der Waals surface area (Å²) in [5.74, 6) is -1.56. The third kappa shape index (κ3) is 4.74. The van der Waals surface area contributed by atoms with E-state index in [1.807, 2.05) is 39.8 Å². The quantitative estimate of drug-likeness (QED) is 0.682. The Morgan fingerprint density at radius 1 is 1.23 bits per heavy atom. The first kappa shape index (κ1) is 19.8. The van der Waals surface area contributed by atoms with Crippen LogP contribution in [-0.4, -0.2) is 42.1 Å². The molecule has 0 saturated carbocycles. The number of benzene rings is 1. The minimum Gasteiger partial charge on any atom is -0.492 e. The Morgan fingerprint density at radius 2 is 1.88 bits per heavy atom. The van der Waals surface area contributed by atoms with Crippen molar-refractivity contribution in [3.63, 3.8) is 0 Å². The summed E-state index contributed by atoms with van der Waals surface area (Å²) in [6.07, 6.45) is 0.331. The smallest absolute Gasteiger partial charge is 0.326 e. The molecule has 7 heteroatoms. The van der Waals surface area contributed by atoms with E-state index in [4.69, 9.17) is 9.84 Å². The summed E-state index contributed by atoms with van der Waals surface area (Å²) in [5.41, 5.74) is 2.98. The second-order valence-electron chi connectivity index (χ2n) is 7.14. The van der Waals surface area contributed by atoms with Crippen molar-refractivity contribution in [1.82, 2.24) is 10.6 Å². The molecule has 2 amide bonds. The molecule has 1 aromatic carbocycles. The van der Waals surface area contributed by atoms with Gasteiger partial charge in [-0.25, -0.2) is 4.79 Å². The topological polar surface area (TPSA) is 105 Å². The van der Waals surface area contributed by atoms with Crippen molar-refractivity contribution >= 4 is 17.8 Å². The van der Waals surface area contributed by atoms with Crippen LogP contribution in [0.4, 0.5) is 0 Å². The van der Waals surface area contributed by atoms with Gasteiger partial charge < -0.3 is 20.5 Å². The maximum absolute atomic E-state index is 12.4. The molecule has 0 saturated heterocycles. The Morgan fingerprint density at radius 3 is 2.50 bits per heavy atom. The lowest BCUT2D eigenvalue weighted by Gasteiger charge is -2.17. The number of hydrogen-bond acceptors (Lipinski definition) is 4. The van der Waals surface area contributed by atoms with Gasteiger partial charge in [-0.3, -0.25) is 9.59 Å². The van der Waals surface area contributed by atoms with Gasteiger partial charge in [-0.1, -0.05) is 19.9 Å². The molecule has 1 aromatic rings. The van der Waals surface area contributed by atoms with Gasteiger partial charge in [0.1, 0.15) is 24.3 Å². The lowest BCUT2D eigenvalue weighted by molar-refractivity contribution is -0.142. The van der Waals surface area contributed by atoms with Crippen molar-refractivity contribution in [2.75, 3.05) is 13.2 Å². The second-order valence-corrected chi connectivity index (χ2v) is 7.14. The highest BCUT2D eigenvalue weighted by Crippen LogP contribution is 2.35. The Labute approximate surface area is 153 Å². The number of amides is 2. The molecule has 26 heavy (non-hydrogen) atoms. The van der Waals surface area contributed by atoms with Crippen LogP contribution in [0.2, 0.25) is 0 Å². The fourth-order valence-corrected chi connectivity index (χ4v) is 2.92. The maximum atomic E-state index is 12.4. The van der Waals surface area contributed by atoms with Crippen LogP contribution in [0.25, 0.3) is 0 Å². The number of carbonyl (C=O) groups excluding carboxylic acids is 2. The zero-order valence-corrected chi connectivity index (χ0v) is 15.6. The molecule has 0 radical (unpaired) electrons. The Balaban J connectivity index is 1.93. The predicted octanol–water partition coefficient (Wildman–Crippen LogP) is 1.51. The van der Waals surface area contributed by atoms with Crippen LogP contribution in [-0.2, 0) is 14.4 Å². The molecule has 1 unspecified atom stereocenters. The van der Waals surface area contributed by atoms with Crippen molar-refractivity contribution in [2.45, 2.75) is 46.1 Å². The summed E-state index contributed by atoms with van der Waals surface area (Å²) >= 11 is 0. The number of carboxylic acid groups (broad SMARTS) is 1. The van der Waals surface area contributed by atoms with Gasteiger partial charge in [-0.15, -0.1) is 0 Å². The van der Waals surface area contributed by atoms with Crippen LogP contribution in [0.15, 0.2) is 12.1 Å². The highest BCUT2D eigenvalue weighted by Gasteiger charge is 2.31. The summed E-state index contributed by atoms with van der Waals surface area (Å²) in [4.78, 5) is 35.6. The molecule has 1 aliphatic rings. The number of ether oxygens (including phenoxy) is 1. The van der Waals surface area contributed by atoms with Crippen molar-refractivity contribution in [1.29, 1.82) is 0 Å². The van der Waals surface area contributed by atoms with E-state index in [0.717, 1.165) is 16.7 Å². The van der Waals surface area contributed by atoms with Crippen LogP contribution in [0.1, 0.15) is 42.9 Å². The first-order valence-electron chi connectivity index (χ1n) is 8.72. The molecular weight excluding hydrogens is 336 g/mol. The zero-order valence-electron chi connectivity index (χ0n) is 15.6. The molecule has 1 heterocycles. The average molecular weight is 362 g/mol.